The highest BCUT2D eigenvalue weighted by atomic mass is 127. The van der Waals surface area contributed by atoms with Crippen LogP contribution in [-0.2, 0) is 17.3 Å². The number of aliphatic imine (C=N–C) groups is 1. The molecule has 3 atom stereocenters. The fourth-order valence-electron chi connectivity index (χ4n) is 4.17. The Hall–Kier alpha value is -0.940. The number of pyridine rings is 1. The molecule has 3 rings (SSSR count). The van der Waals surface area contributed by atoms with Gasteiger partial charge in [-0.3, -0.25) is 4.21 Å². The third-order valence-electron chi connectivity index (χ3n) is 6.02. The topological polar surface area (TPSA) is 72.9 Å². The van der Waals surface area contributed by atoms with Crippen LogP contribution >= 0.6 is 24.0 Å². The first kappa shape index (κ1) is 26.3. The van der Waals surface area contributed by atoms with Crippen molar-refractivity contribution in [2.24, 2.45) is 4.99 Å². The average molecular weight is 563 g/mol. The average Bonchev–Trinajstić information content (AvgIpc) is 2.78. The van der Waals surface area contributed by atoms with Gasteiger partial charge in [-0.05, 0) is 44.9 Å². The van der Waals surface area contributed by atoms with Gasteiger partial charge in [0.1, 0.15) is 5.82 Å². The molecule has 1 aromatic rings. The fourth-order valence-corrected chi connectivity index (χ4v) is 5.51. The fraction of sp³-hybridized carbons (Fsp3) is 0.727. The van der Waals surface area contributed by atoms with Crippen LogP contribution in [0.3, 0.4) is 0 Å². The van der Waals surface area contributed by atoms with E-state index >= 15 is 0 Å². The summed E-state index contributed by atoms with van der Waals surface area (Å²) < 4.78 is 12.2. The van der Waals surface area contributed by atoms with Crippen LogP contribution in [0.25, 0.3) is 0 Å². The van der Waals surface area contributed by atoms with Gasteiger partial charge in [0.25, 0.3) is 0 Å². The van der Waals surface area contributed by atoms with Crippen molar-refractivity contribution in [1.29, 1.82) is 0 Å². The first-order valence-electron chi connectivity index (χ1n) is 11.4. The van der Waals surface area contributed by atoms with Gasteiger partial charge >= 0.3 is 0 Å². The van der Waals surface area contributed by atoms with Gasteiger partial charge in [-0.2, -0.15) is 0 Å². The second-order valence-corrected chi connectivity index (χ2v) is 10.3. The number of halogens is 1. The van der Waals surface area contributed by atoms with Crippen molar-refractivity contribution in [3.05, 3.63) is 23.9 Å². The third-order valence-corrected chi connectivity index (χ3v) is 7.76. The first-order chi connectivity index (χ1) is 14.6. The Kier molecular flexibility index (Phi) is 11.5. The van der Waals surface area contributed by atoms with Crippen molar-refractivity contribution in [1.82, 2.24) is 20.5 Å². The Labute approximate surface area is 207 Å². The van der Waals surface area contributed by atoms with E-state index in [4.69, 9.17) is 4.99 Å². The molecule has 2 fully saturated rings. The van der Waals surface area contributed by atoms with Crippen LogP contribution in [0.2, 0.25) is 0 Å². The normalized spacial score (nSPS) is 23.7. The third kappa shape index (κ3) is 8.16. The molecule has 0 aromatic carbocycles. The molecule has 0 spiro atoms. The molecule has 1 saturated heterocycles. The summed E-state index contributed by atoms with van der Waals surface area (Å²) in [5, 5.41) is 7.24. The van der Waals surface area contributed by atoms with Gasteiger partial charge in [0.15, 0.2) is 5.96 Å². The maximum Gasteiger partial charge on any atom is 0.191 e. The Morgan fingerprint density at radius 3 is 2.65 bits per heavy atom. The number of likely N-dealkylation sites (N-methyl/N-ethyl adjacent to an activating group) is 1. The molecule has 9 heteroatoms. The Morgan fingerprint density at radius 1 is 1.23 bits per heavy atom. The zero-order valence-corrected chi connectivity index (χ0v) is 22.3. The summed E-state index contributed by atoms with van der Waals surface area (Å²) in [6.45, 7) is 9.74. The molecule has 0 radical (unpaired) electrons. The molecular formula is C22H39IN6OS. The first-order valence-corrected chi connectivity index (χ1v) is 12.8. The van der Waals surface area contributed by atoms with Crippen molar-refractivity contribution in [3.63, 3.8) is 0 Å². The Balaban J connectivity index is 0.00000341. The molecule has 2 heterocycles. The molecule has 1 saturated carbocycles. The minimum absolute atomic E-state index is 0. The predicted molar refractivity (Wildman–Crippen MR) is 142 cm³/mol. The van der Waals surface area contributed by atoms with Gasteiger partial charge in [0.2, 0.25) is 0 Å². The van der Waals surface area contributed by atoms with E-state index in [9.17, 15) is 4.21 Å². The van der Waals surface area contributed by atoms with Crippen LogP contribution in [-0.4, -0.2) is 76.9 Å². The lowest BCUT2D eigenvalue weighted by Crippen LogP contribution is -2.46. The van der Waals surface area contributed by atoms with Crippen LogP contribution in [0.15, 0.2) is 23.3 Å². The number of aromatic nitrogens is 1. The number of hydrogen-bond acceptors (Lipinski definition) is 5. The highest BCUT2D eigenvalue weighted by Crippen LogP contribution is 2.23. The SMILES string of the molecule is CCNC(=NCc1ccc(N2CCN(C)CC2)nc1)NC1CCCC(S(=O)CC)C1.I. The Bertz CT molecular complexity index is 708. The maximum absolute atomic E-state index is 12.2. The summed E-state index contributed by atoms with van der Waals surface area (Å²) in [6.07, 6.45) is 6.24. The Morgan fingerprint density at radius 2 is 2.00 bits per heavy atom. The second kappa shape index (κ2) is 13.6. The van der Waals surface area contributed by atoms with E-state index in [1.807, 2.05) is 13.1 Å². The van der Waals surface area contributed by atoms with E-state index in [-0.39, 0.29) is 24.0 Å². The number of hydrogen-bond donors (Lipinski definition) is 2. The van der Waals surface area contributed by atoms with E-state index in [1.165, 1.54) is 0 Å². The summed E-state index contributed by atoms with van der Waals surface area (Å²) >= 11 is 0. The van der Waals surface area contributed by atoms with Gasteiger partial charge in [0, 0.05) is 66.8 Å². The molecule has 0 bridgehead atoms. The second-order valence-electron chi connectivity index (χ2n) is 8.31. The summed E-state index contributed by atoms with van der Waals surface area (Å²) in [6, 6.07) is 4.59. The minimum Gasteiger partial charge on any atom is -0.357 e. The number of guanidine groups is 1. The van der Waals surface area contributed by atoms with Crippen molar-refractivity contribution in [2.75, 3.05) is 50.4 Å². The van der Waals surface area contributed by atoms with Crippen molar-refractivity contribution < 1.29 is 4.21 Å². The van der Waals surface area contributed by atoms with Crippen molar-refractivity contribution in [2.45, 2.75) is 57.4 Å². The molecule has 7 nitrogen and oxygen atoms in total. The number of rotatable bonds is 7. The largest absolute Gasteiger partial charge is 0.357 e. The number of anilines is 1. The number of nitrogens with zero attached hydrogens (tertiary/aromatic N) is 4. The van der Waals surface area contributed by atoms with Gasteiger partial charge in [0.05, 0.1) is 6.54 Å². The standard InChI is InChI=1S/C22H38N6OS.HI/c1-4-23-22(26-19-7-6-8-20(15-19)30(29)5-2)25-17-18-9-10-21(24-16-18)28-13-11-27(3)12-14-28;/h9-10,16,19-20H,4-8,11-15,17H2,1-3H3,(H2,23,25,26);1H. The highest BCUT2D eigenvalue weighted by molar-refractivity contribution is 14.0. The quantitative estimate of drug-likeness (QED) is 0.303. The van der Waals surface area contributed by atoms with Crippen LogP contribution < -0.4 is 15.5 Å². The predicted octanol–water partition coefficient (Wildman–Crippen LogP) is 2.59. The molecule has 1 aliphatic carbocycles. The van der Waals surface area contributed by atoms with Crippen molar-refractivity contribution >= 4 is 46.6 Å². The van der Waals surface area contributed by atoms with E-state index in [0.717, 1.165) is 81.5 Å². The van der Waals surface area contributed by atoms with Gasteiger partial charge in [-0.15, -0.1) is 24.0 Å². The molecular weight excluding hydrogens is 523 g/mol. The maximum atomic E-state index is 12.2. The molecule has 1 aromatic heterocycles. The van der Waals surface area contributed by atoms with Gasteiger partial charge < -0.3 is 20.4 Å². The monoisotopic (exact) mass is 562 g/mol. The lowest BCUT2D eigenvalue weighted by Gasteiger charge is -2.33. The molecule has 176 valence electrons. The van der Waals surface area contributed by atoms with E-state index in [0.29, 0.717) is 17.8 Å². The number of nitrogens with one attached hydrogen (secondary N) is 2. The smallest absolute Gasteiger partial charge is 0.191 e. The van der Waals surface area contributed by atoms with Crippen molar-refractivity contribution in [3.8, 4) is 0 Å². The van der Waals surface area contributed by atoms with E-state index in [1.54, 1.807) is 0 Å². The van der Waals surface area contributed by atoms with Crippen LogP contribution in [0.4, 0.5) is 5.82 Å². The molecule has 2 N–H and O–H groups in total. The van der Waals surface area contributed by atoms with Crippen LogP contribution in [0.5, 0.6) is 0 Å². The summed E-state index contributed by atoms with van der Waals surface area (Å²) in [4.78, 5) is 14.1. The zero-order valence-electron chi connectivity index (χ0n) is 19.2. The molecule has 0 amide bonds. The summed E-state index contributed by atoms with van der Waals surface area (Å²) in [5.74, 6) is 2.65. The molecule has 1 aliphatic heterocycles. The highest BCUT2D eigenvalue weighted by Gasteiger charge is 2.26. The van der Waals surface area contributed by atoms with Crippen LogP contribution in [0, 0.1) is 0 Å². The van der Waals surface area contributed by atoms with Gasteiger partial charge in [-0.1, -0.05) is 19.4 Å². The summed E-state index contributed by atoms with van der Waals surface area (Å²) in [7, 11) is 1.46. The minimum atomic E-state index is -0.708. The lowest BCUT2D eigenvalue weighted by molar-refractivity contribution is 0.312. The van der Waals surface area contributed by atoms with Crippen LogP contribution in [0.1, 0.15) is 45.1 Å². The molecule has 2 aliphatic rings. The molecule has 3 unspecified atom stereocenters. The van der Waals surface area contributed by atoms with E-state index < -0.39 is 10.8 Å². The summed E-state index contributed by atoms with van der Waals surface area (Å²) in [5.41, 5.74) is 1.11. The number of piperazine rings is 1. The zero-order chi connectivity index (χ0) is 21.3. The van der Waals surface area contributed by atoms with Gasteiger partial charge in [-0.25, -0.2) is 9.98 Å². The lowest BCUT2D eigenvalue weighted by atomic mass is 9.95. The van der Waals surface area contributed by atoms with E-state index in [2.05, 4.69) is 51.5 Å². The molecule has 31 heavy (non-hydrogen) atoms.